The number of ketones is 1. The van der Waals surface area contributed by atoms with Crippen LogP contribution in [-0.2, 0) is 32.3 Å². The summed E-state index contributed by atoms with van der Waals surface area (Å²) >= 11 is 0. The van der Waals surface area contributed by atoms with Crippen molar-refractivity contribution < 1.29 is 19.2 Å². The molecule has 0 saturated carbocycles. The molecule has 9 nitrogen and oxygen atoms in total. The van der Waals surface area contributed by atoms with Gasteiger partial charge in [0.05, 0.1) is 6.04 Å². The summed E-state index contributed by atoms with van der Waals surface area (Å²) in [5, 5.41) is 2.36. The summed E-state index contributed by atoms with van der Waals surface area (Å²) in [6.45, 7) is 6.36. The van der Waals surface area contributed by atoms with Crippen LogP contribution in [0.5, 0.6) is 0 Å². The average molecular weight is 428 g/mol. The van der Waals surface area contributed by atoms with Crippen molar-refractivity contribution in [2.45, 2.75) is 38.0 Å². The van der Waals surface area contributed by atoms with Gasteiger partial charge in [0.1, 0.15) is 6.04 Å². The molecule has 166 valence electrons. The number of piperidine rings is 1. The van der Waals surface area contributed by atoms with Crippen molar-refractivity contribution >= 4 is 23.9 Å². The molecule has 0 bridgehead atoms. The molecule has 4 rings (SSSR count). The molecule has 9 heteroatoms. The molecule has 2 unspecified atom stereocenters. The van der Waals surface area contributed by atoms with E-state index in [1.165, 1.54) is 0 Å². The van der Waals surface area contributed by atoms with Gasteiger partial charge in [-0.05, 0) is 23.1 Å². The van der Waals surface area contributed by atoms with E-state index in [-0.39, 0.29) is 12.3 Å². The number of fused-ring (bicyclic) bond motifs is 1. The van der Waals surface area contributed by atoms with Crippen LogP contribution < -0.4 is 11.1 Å². The van der Waals surface area contributed by atoms with Crippen LogP contribution in [0.2, 0.25) is 0 Å². The highest BCUT2D eigenvalue weighted by molar-refractivity contribution is 6.27. The Kier molecular flexibility index (Phi) is 6.57. The van der Waals surface area contributed by atoms with E-state index < -0.39 is 23.8 Å². The van der Waals surface area contributed by atoms with Gasteiger partial charge in [-0.2, -0.15) is 0 Å². The van der Waals surface area contributed by atoms with Gasteiger partial charge in [-0.15, -0.1) is 0 Å². The number of rotatable bonds is 7. The Morgan fingerprint density at radius 1 is 1.16 bits per heavy atom. The lowest BCUT2D eigenvalue weighted by Gasteiger charge is -2.35. The van der Waals surface area contributed by atoms with Crippen LogP contribution in [0.3, 0.4) is 0 Å². The summed E-state index contributed by atoms with van der Waals surface area (Å²) in [6.07, 6.45) is 0.923. The predicted molar refractivity (Wildman–Crippen MR) is 113 cm³/mol. The van der Waals surface area contributed by atoms with Crippen LogP contribution in [0.4, 0.5) is 0 Å². The first kappa shape index (κ1) is 21.8. The van der Waals surface area contributed by atoms with Crippen LogP contribution in [0, 0.1) is 0 Å². The smallest absolute Gasteiger partial charge is 0.243 e. The molecule has 1 aromatic carbocycles. The summed E-state index contributed by atoms with van der Waals surface area (Å²) in [5.74, 6) is -1.25. The molecule has 3 N–H and O–H groups in total. The number of amides is 2. The lowest BCUT2D eigenvalue weighted by molar-refractivity contribution is -0.141. The van der Waals surface area contributed by atoms with Crippen LogP contribution in [0.25, 0.3) is 0 Å². The minimum absolute atomic E-state index is 0.227. The number of carbonyl (C=O) groups is 4. The number of nitrogens with one attached hydrogen (secondary N) is 1. The number of benzene rings is 1. The van der Waals surface area contributed by atoms with Gasteiger partial charge in [0.2, 0.25) is 17.6 Å². The zero-order valence-electron chi connectivity index (χ0n) is 17.6. The minimum atomic E-state index is -0.786. The Balaban J connectivity index is 1.57. The largest absolute Gasteiger partial charge is 0.329 e. The van der Waals surface area contributed by atoms with Crippen molar-refractivity contribution in [3.05, 3.63) is 34.9 Å². The van der Waals surface area contributed by atoms with Gasteiger partial charge in [-0.25, -0.2) is 0 Å². The van der Waals surface area contributed by atoms with Gasteiger partial charge in [0.25, 0.3) is 0 Å². The summed E-state index contributed by atoms with van der Waals surface area (Å²) < 4.78 is 0. The van der Waals surface area contributed by atoms with Gasteiger partial charge in [-0.1, -0.05) is 18.2 Å². The normalized spacial score (nSPS) is 25.3. The lowest BCUT2D eigenvalue weighted by Crippen LogP contribution is -2.52. The second-order valence-corrected chi connectivity index (χ2v) is 8.46. The number of piperazine rings is 1. The highest BCUT2D eigenvalue weighted by Crippen LogP contribution is 2.39. The molecule has 2 fully saturated rings. The van der Waals surface area contributed by atoms with Crippen molar-refractivity contribution in [3.8, 4) is 0 Å². The second-order valence-electron chi connectivity index (χ2n) is 8.46. The third-order valence-electron chi connectivity index (χ3n) is 6.55. The number of hydrogen-bond acceptors (Lipinski definition) is 8. The first-order valence-electron chi connectivity index (χ1n) is 10.9. The van der Waals surface area contributed by atoms with Crippen molar-refractivity contribution in [1.29, 1.82) is 0 Å². The van der Waals surface area contributed by atoms with Gasteiger partial charge in [0, 0.05) is 58.8 Å². The van der Waals surface area contributed by atoms with Crippen molar-refractivity contribution in [1.82, 2.24) is 20.0 Å². The molecule has 0 aliphatic carbocycles. The Bertz CT molecular complexity index is 881. The molecular weight excluding hydrogens is 398 g/mol. The molecule has 2 atom stereocenters. The average Bonchev–Trinajstić information content (AvgIpc) is 3.15. The second kappa shape index (κ2) is 9.35. The van der Waals surface area contributed by atoms with Crippen LogP contribution in [0.1, 0.15) is 35.6 Å². The topological polar surface area (TPSA) is 116 Å². The highest BCUT2D eigenvalue weighted by Gasteiger charge is 2.44. The first-order valence-corrected chi connectivity index (χ1v) is 10.9. The number of aldehydes is 1. The molecular formula is C22H29N5O4. The van der Waals surface area contributed by atoms with E-state index in [9.17, 15) is 19.2 Å². The number of carbonyl (C=O) groups excluding carboxylic acids is 4. The van der Waals surface area contributed by atoms with Crippen molar-refractivity contribution in [2.75, 3.05) is 39.3 Å². The summed E-state index contributed by atoms with van der Waals surface area (Å²) in [7, 11) is 0. The Labute approximate surface area is 181 Å². The van der Waals surface area contributed by atoms with E-state index in [4.69, 9.17) is 5.73 Å². The van der Waals surface area contributed by atoms with Crippen LogP contribution in [-0.4, -0.2) is 83.9 Å². The van der Waals surface area contributed by atoms with E-state index in [0.29, 0.717) is 32.3 Å². The molecule has 0 aromatic heterocycles. The molecule has 2 amide bonds. The molecule has 1 aromatic rings. The maximum atomic E-state index is 12.7. The predicted octanol–water partition coefficient (Wildman–Crippen LogP) is -0.807. The maximum Gasteiger partial charge on any atom is 0.243 e. The minimum Gasteiger partial charge on any atom is -0.329 e. The van der Waals surface area contributed by atoms with Crippen LogP contribution >= 0.6 is 0 Å². The van der Waals surface area contributed by atoms with Crippen LogP contribution in [0.15, 0.2) is 18.2 Å². The third-order valence-corrected chi connectivity index (χ3v) is 6.55. The van der Waals surface area contributed by atoms with E-state index in [0.717, 1.165) is 49.4 Å². The van der Waals surface area contributed by atoms with Gasteiger partial charge in [-0.3, -0.25) is 39.2 Å². The van der Waals surface area contributed by atoms with E-state index in [2.05, 4.69) is 15.1 Å². The number of Topliss-reactive ketones (excluding diaryl/α,β-unsaturated/α-hetero) is 1. The number of hydrogen-bond donors (Lipinski definition) is 2. The molecule has 2 saturated heterocycles. The van der Waals surface area contributed by atoms with E-state index in [1.54, 1.807) is 4.90 Å². The molecule has 0 radical (unpaired) electrons. The highest BCUT2D eigenvalue weighted by atomic mass is 16.2. The fourth-order valence-corrected chi connectivity index (χ4v) is 5.00. The first-order chi connectivity index (χ1) is 15.0. The molecule has 3 aliphatic rings. The number of nitrogens with two attached hydrogens (primary N) is 1. The maximum absolute atomic E-state index is 12.7. The van der Waals surface area contributed by atoms with Gasteiger partial charge >= 0.3 is 0 Å². The zero-order chi connectivity index (χ0) is 22.0. The van der Waals surface area contributed by atoms with Gasteiger partial charge in [0.15, 0.2) is 6.29 Å². The SMILES string of the molecule is NCCN1CCN(Cc2cccc3c2C(C(=O)C=O)N(C2CCC(=O)NC2=O)C3)CC1. The fraction of sp³-hybridized carbons (Fsp3) is 0.545. The standard InChI is InChI=1S/C22H29N5O4/c23-6-7-25-8-10-26(11-9-25)12-15-2-1-3-16-13-27(21(20(15)16)18(29)14-28)17-4-5-19(30)24-22(17)31/h1-3,14,17,21H,4-13,23H2,(H,24,30,31). The van der Waals surface area contributed by atoms with Gasteiger partial charge < -0.3 is 5.73 Å². The molecule has 31 heavy (non-hydrogen) atoms. The Morgan fingerprint density at radius 2 is 1.90 bits per heavy atom. The van der Waals surface area contributed by atoms with E-state index >= 15 is 0 Å². The third kappa shape index (κ3) is 4.45. The molecule has 0 spiro atoms. The summed E-state index contributed by atoms with van der Waals surface area (Å²) in [4.78, 5) is 54.8. The fourth-order valence-electron chi connectivity index (χ4n) is 5.00. The Hall–Kier alpha value is -2.46. The zero-order valence-corrected chi connectivity index (χ0v) is 17.6. The van der Waals surface area contributed by atoms with E-state index in [1.807, 2.05) is 18.2 Å². The summed E-state index contributed by atoms with van der Waals surface area (Å²) in [5.41, 5.74) is 8.48. The number of nitrogens with zero attached hydrogens (tertiary/aromatic N) is 3. The van der Waals surface area contributed by atoms with Crippen molar-refractivity contribution in [2.24, 2.45) is 5.73 Å². The number of imide groups is 1. The molecule has 3 heterocycles. The van der Waals surface area contributed by atoms with Crippen molar-refractivity contribution in [3.63, 3.8) is 0 Å². The monoisotopic (exact) mass is 427 g/mol. The molecule has 3 aliphatic heterocycles. The summed E-state index contributed by atoms with van der Waals surface area (Å²) in [6, 6.07) is 4.53. The lowest BCUT2D eigenvalue weighted by atomic mass is 9.94. The quantitative estimate of drug-likeness (QED) is 0.330. The Morgan fingerprint density at radius 3 is 2.58 bits per heavy atom.